The molecule has 1 spiro atoms. The SMILES string of the molecule is Cc1cc(-n2ccc3c(N)ncnc32)cc2c1C(C)(C)N(C(=O)OC(C)(C)C)C21CCCCC1. The van der Waals surface area contributed by atoms with Crippen LogP contribution in [0.5, 0.6) is 0 Å². The van der Waals surface area contributed by atoms with Gasteiger partial charge in [0, 0.05) is 11.9 Å². The number of nitrogens with zero attached hydrogens (tertiary/aromatic N) is 4. The van der Waals surface area contributed by atoms with Crippen molar-refractivity contribution in [3.63, 3.8) is 0 Å². The zero-order valence-corrected chi connectivity index (χ0v) is 21.1. The molecule has 1 aromatic carbocycles. The van der Waals surface area contributed by atoms with E-state index < -0.39 is 11.1 Å². The van der Waals surface area contributed by atoms with Gasteiger partial charge in [-0.05, 0) is 89.3 Å². The molecule has 180 valence electrons. The van der Waals surface area contributed by atoms with Gasteiger partial charge in [-0.15, -0.1) is 0 Å². The summed E-state index contributed by atoms with van der Waals surface area (Å²) in [6, 6.07) is 6.41. The monoisotopic (exact) mass is 461 g/mol. The number of nitrogens with two attached hydrogens (primary N) is 1. The fourth-order valence-electron chi connectivity index (χ4n) is 6.37. The summed E-state index contributed by atoms with van der Waals surface area (Å²) >= 11 is 0. The number of amides is 1. The van der Waals surface area contributed by atoms with Crippen LogP contribution >= 0.6 is 0 Å². The average Bonchev–Trinajstić information content (AvgIpc) is 3.24. The smallest absolute Gasteiger partial charge is 0.411 e. The third kappa shape index (κ3) is 3.28. The maximum absolute atomic E-state index is 13.7. The molecule has 2 aromatic heterocycles. The van der Waals surface area contributed by atoms with Crippen molar-refractivity contribution in [1.29, 1.82) is 0 Å². The fourth-order valence-corrected chi connectivity index (χ4v) is 6.37. The molecule has 1 fully saturated rings. The van der Waals surface area contributed by atoms with Crippen LogP contribution in [0, 0.1) is 6.92 Å². The molecule has 2 N–H and O–H groups in total. The summed E-state index contributed by atoms with van der Waals surface area (Å²) in [7, 11) is 0. The highest BCUT2D eigenvalue weighted by molar-refractivity contribution is 5.87. The van der Waals surface area contributed by atoms with Gasteiger partial charge >= 0.3 is 6.09 Å². The molecule has 0 atom stereocenters. The van der Waals surface area contributed by atoms with E-state index >= 15 is 0 Å². The van der Waals surface area contributed by atoms with E-state index in [2.05, 4.69) is 52.3 Å². The maximum atomic E-state index is 13.7. The van der Waals surface area contributed by atoms with Gasteiger partial charge in [-0.3, -0.25) is 4.90 Å². The normalized spacial score (nSPS) is 18.9. The quantitative estimate of drug-likeness (QED) is 0.483. The number of anilines is 1. The van der Waals surface area contributed by atoms with Crippen molar-refractivity contribution in [2.45, 2.75) is 90.3 Å². The van der Waals surface area contributed by atoms with E-state index in [1.54, 1.807) is 0 Å². The van der Waals surface area contributed by atoms with Gasteiger partial charge in [0.2, 0.25) is 0 Å². The van der Waals surface area contributed by atoms with E-state index in [-0.39, 0.29) is 11.6 Å². The maximum Gasteiger partial charge on any atom is 0.411 e. The van der Waals surface area contributed by atoms with Gasteiger partial charge in [-0.1, -0.05) is 19.3 Å². The Morgan fingerprint density at radius 2 is 1.82 bits per heavy atom. The number of nitrogen functional groups attached to an aromatic ring is 1. The molecule has 34 heavy (non-hydrogen) atoms. The van der Waals surface area contributed by atoms with Crippen molar-refractivity contribution in [2.75, 3.05) is 5.73 Å². The highest BCUT2D eigenvalue weighted by Gasteiger charge is 2.58. The van der Waals surface area contributed by atoms with Gasteiger partial charge in [0.1, 0.15) is 23.4 Å². The predicted octanol–water partition coefficient (Wildman–Crippen LogP) is 5.96. The van der Waals surface area contributed by atoms with Gasteiger partial charge in [0.25, 0.3) is 0 Å². The summed E-state index contributed by atoms with van der Waals surface area (Å²) in [6.07, 6.45) is 8.52. The van der Waals surface area contributed by atoms with Crippen molar-refractivity contribution in [3.05, 3.63) is 47.4 Å². The van der Waals surface area contributed by atoms with Crippen LogP contribution in [0.4, 0.5) is 10.6 Å². The third-order valence-corrected chi connectivity index (χ3v) is 7.47. The minimum Gasteiger partial charge on any atom is -0.444 e. The van der Waals surface area contributed by atoms with Crippen LogP contribution in [0.25, 0.3) is 16.7 Å². The van der Waals surface area contributed by atoms with Gasteiger partial charge in [0.05, 0.1) is 16.5 Å². The second-order valence-corrected chi connectivity index (χ2v) is 11.3. The van der Waals surface area contributed by atoms with Crippen LogP contribution in [-0.2, 0) is 15.8 Å². The number of hydrogen-bond donors (Lipinski definition) is 1. The average molecular weight is 462 g/mol. The molecule has 1 amide bonds. The van der Waals surface area contributed by atoms with E-state index in [1.165, 1.54) is 23.9 Å². The third-order valence-electron chi connectivity index (χ3n) is 7.47. The van der Waals surface area contributed by atoms with Gasteiger partial charge in [-0.25, -0.2) is 14.8 Å². The van der Waals surface area contributed by atoms with E-state index in [1.807, 2.05) is 33.0 Å². The lowest BCUT2D eigenvalue weighted by Gasteiger charge is -2.47. The number of carbonyl (C=O) groups excluding carboxylic acids is 1. The standard InChI is InChI=1S/C27H35N5O2/c1-17-14-18(31-13-10-19-22(28)29-16-30-23(19)31)15-20-21(17)26(5,6)32(24(33)34-25(2,3)4)27(20)11-8-7-9-12-27/h10,13-16H,7-9,11-12H2,1-6H3,(H2,28,29,30). The lowest BCUT2D eigenvalue weighted by atomic mass is 9.76. The van der Waals surface area contributed by atoms with Gasteiger partial charge in [0.15, 0.2) is 0 Å². The zero-order chi connectivity index (χ0) is 24.5. The molecule has 3 aromatic rings. The first-order valence-corrected chi connectivity index (χ1v) is 12.2. The molecule has 1 saturated carbocycles. The Hall–Kier alpha value is -3.09. The van der Waals surface area contributed by atoms with Crippen LogP contribution in [0.1, 0.15) is 83.4 Å². The molecule has 2 aliphatic rings. The van der Waals surface area contributed by atoms with Crippen molar-refractivity contribution < 1.29 is 9.53 Å². The largest absolute Gasteiger partial charge is 0.444 e. The van der Waals surface area contributed by atoms with E-state index in [0.29, 0.717) is 5.82 Å². The molecule has 0 bridgehead atoms. The van der Waals surface area contributed by atoms with Crippen LogP contribution in [0.3, 0.4) is 0 Å². The van der Waals surface area contributed by atoms with Crippen molar-refractivity contribution >= 4 is 22.9 Å². The summed E-state index contributed by atoms with van der Waals surface area (Å²) in [5.41, 5.74) is 10.1. The molecule has 7 heteroatoms. The van der Waals surface area contributed by atoms with Crippen LogP contribution in [-0.4, -0.2) is 31.1 Å². The Bertz CT molecular complexity index is 1280. The Labute approximate surface area is 201 Å². The molecule has 0 radical (unpaired) electrons. The number of carbonyl (C=O) groups is 1. The van der Waals surface area contributed by atoms with Crippen LogP contribution in [0.2, 0.25) is 0 Å². The summed E-state index contributed by atoms with van der Waals surface area (Å²) in [5.74, 6) is 0.475. The Morgan fingerprint density at radius 1 is 1.12 bits per heavy atom. The number of aryl methyl sites for hydroxylation is 1. The van der Waals surface area contributed by atoms with Crippen molar-refractivity contribution in [2.24, 2.45) is 0 Å². The number of benzene rings is 1. The van der Waals surface area contributed by atoms with Crippen LogP contribution in [0.15, 0.2) is 30.7 Å². The summed E-state index contributed by atoms with van der Waals surface area (Å²) in [4.78, 5) is 24.4. The number of ether oxygens (including phenoxy) is 1. The summed E-state index contributed by atoms with van der Waals surface area (Å²) in [5, 5.41) is 0.837. The molecule has 0 saturated heterocycles. The number of aromatic nitrogens is 3. The van der Waals surface area contributed by atoms with Gasteiger partial charge in [-0.2, -0.15) is 0 Å². The summed E-state index contributed by atoms with van der Waals surface area (Å²) < 4.78 is 8.05. The van der Waals surface area contributed by atoms with E-state index in [0.717, 1.165) is 48.0 Å². The molecule has 3 heterocycles. The minimum absolute atomic E-state index is 0.233. The first-order chi connectivity index (χ1) is 16.0. The van der Waals surface area contributed by atoms with Crippen molar-refractivity contribution in [1.82, 2.24) is 19.4 Å². The number of hydrogen-bond acceptors (Lipinski definition) is 5. The van der Waals surface area contributed by atoms with Gasteiger partial charge < -0.3 is 15.0 Å². The highest BCUT2D eigenvalue weighted by Crippen LogP contribution is 2.57. The van der Waals surface area contributed by atoms with E-state index in [9.17, 15) is 4.79 Å². The van der Waals surface area contributed by atoms with Crippen LogP contribution < -0.4 is 5.73 Å². The highest BCUT2D eigenvalue weighted by atomic mass is 16.6. The minimum atomic E-state index is -0.554. The molecular formula is C27H35N5O2. The topological polar surface area (TPSA) is 86.3 Å². The Morgan fingerprint density at radius 3 is 2.50 bits per heavy atom. The Balaban J connectivity index is 1.72. The first-order valence-electron chi connectivity index (χ1n) is 12.2. The number of fused-ring (bicyclic) bond motifs is 3. The zero-order valence-electron chi connectivity index (χ0n) is 21.1. The Kier molecular flexibility index (Phi) is 4.97. The molecule has 7 nitrogen and oxygen atoms in total. The second kappa shape index (κ2) is 7.45. The lowest BCUT2D eigenvalue weighted by Crippen LogP contribution is -2.54. The first kappa shape index (κ1) is 22.7. The lowest BCUT2D eigenvalue weighted by molar-refractivity contribution is -0.0418. The molecular weight excluding hydrogens is 426 g/mol. The molecule has 0 unspecified atom stereocenters. The van der Waals surface area contributed by atoms with E-state index in [4.69, 9.17) is 10.5 Å². The predicted molar refractivity (Wildman–Crippen MR) is 134 cm³/mol. The second-order valence-electron chi connectivity index (χ2n) is 11.3. The number of rotatable bonds is 1. The molecule has 5 rings (SSSR count). The fraction of sp³-hybridized carbons (Fsp3) is 0.519. The molecule has 1 aliphatic carbocycles. The van der Waals surface area contributed by atoms with Crippen molar-refractivity contribution in [3.8, 4) is 5.69 Å². The summed E-state index contributed by atoms with van der Waals surface area (Å²) in [6.45, 7) is 12.3. The molecule has 1 aliphatic heterocycles.